The van der Waals surface area contributed by atoms with Crippen LogP contribution in [-0.4, -0.2) is 53.1 Å². The Labute approximate surface area is 114 Å². The number of nitrogens with zero attached hydrogens (tertiary/aromatic N) is 2. The third-order valence-electron chi connectivity index (χ3n) is 3.48. The molecule has 1 aliphatic heterocycles. The molecule has 8 heteroatoms. The summed E-state index contributed by atoms with van der Waals surface area (Å²) < 4.78 is 4.55. The van der Waals surface area contributed by atoms with Gasteiger partial charge in [0.25, 0.3) is 5.91 Å². The van der Waals surface area contributed by atoms with Crippen molar-refractivity contribution in [3.63, 3.8) is 0 Å². The van der Waals surface area contributed by atoms with Crippen LogP contribution in [-0.2, 0) is 4.79 Å². The van der Waals surface area contributed by atoms with Gasteiger partial charge >= 0.3 is 5.97 Å². The topological polar surface area (TPSA) is 113 Å². The fourth-order valence-corrected chi connectivity index (χ4v) is 2.26. The van der Waals surface area contributed by atoms with Crippen molar-refractivity contribution in [1.29, 1.82) is 0 Å². The van der Waals surface area contributed by atoms with Gasteiger partial charge in [-0.2, -0.15) is 0 Å². The summed E-state index contributed by atoms with van der Waals surface area (Å²) in [4.78, 5) is 36.1. The molecule has 2 heterocycles. The number of nitrogens with one attached hydrogen (secondary N) is 1. The van der Waals surface area contributed by atoms with E-state index in [1.807, 2.05) is 0 Å². The molecular formula is C12H15N3O5. The van der Waals surface area contributed by atoms with E-state index in [1.165, 1.54) is 4.90 Å². The standard InChI is InChI=1S/C12H15N3O5/c1-12(11(19)13-2)3-4-15(6-12)9(16)7-5-8(10(17)18)20-14-7/h5H,3-4,6H2,1-2H3,(H,13,19)(H,17,18). The fraction of sp³-hybridized carbons (Fsp3) is 0.500. The lowest BCUT2D eigenvalue weighted by Gasteiger charge is -2.22. The number of aromatic nitrogens is 1. The van der Waals surface area contributed by atoms with Crippen molar-refractivity contribution in [2.45, 2.75) is 13.3 Å². The highest BCUT2D eigenvalue weighted by atomic mass is 16.5. The molecule has 1 atom stereocenters. The molecule has 1 aliphatic rings. The predicted octanol–water partition coefficient (Wildman–Crippen LogP) is -0.0290. The van der Waals surface area contributed by atoms with E-state index in [4.69, 9.17) is 5.11 Å². The Bertz CT molecular complexity index is 567. The van der Waals surface area contributed by atoms with Gasteiger partial charge in [-0.3, -0.25) is 9.59 Å². The van der Waals surface area contributed by atoms with Crippen molar-refractivity contribution in [3.8, 4) is 0 Å². The van der Waals surface area contributed by atoms with E-state index >= 15 is 0 Å². The molecule has 1 saturated heterocycles. The van der Waals surface area contributed by atoms with Gasteiger partial charge in [0, 0.05) is 26.2 Å². The zero-order chi connectivity index (χ0) is 14.9. The first-order valence-corrected chi connectivity index (χ1v) is 6.09. The van der Waals surface area contributed by atoms with Crippen LogP contribution < -0.4 is 5.32 Å². The molecule has 0 aromatic carbocycles. The van der Waals surface area contributed by atoms with Gasteiger partial charge in [0.15, 0.2) is 5.69 Å². The molecule has 108 valence electrons. The van der Waals surface area contributed by atoms with Gasteiger partial charge in [0.05, 0.1) is 5.41 Å². The van der Waals surface area contributed by atoms with Crippen LogP contribution in [0.1, 0.15) is 34.4 Å². The first-order chi connectivity index (χ1) is 9.37. The normalized spacial score (nSPS) is 21.8. The van der Waals surface area contributed by atoms with E-state index in [0.29, 0.717) is 13.0 Å². The Hall–Kier alpha value is -2.38. The summed E-state index contributed by atoms with van der Waals surface area (Å²) in [5.41, 5.74) is -0.701. The third kappa shape index (κ3) is 2.36. The Balaban J connectivity index is 2.11. The molecule has 0 aliphatic carbocycles. The molecule has 1 fully saturated rings. The quantitative estimate of drug-likeness (QED) is 0.804. The molecule has 1 aromatic heterocycles. The van der Waals surface area contributed by atoms with Crippen LogP contribution in [0.15, 0.2) is 10.6 Å². The van der Waals surface area contributed by atoms with E-state index in [2.05, 4.69) is 15.0 Å². The average Bonchev–Trinajstić information content (AvgIpc) is 3.04. The fourth-order valence-electron chi connectivity index (χ4n) is 2.26. The van der Waals surface area contributed by atoms with Gasteiger partial charge < -0.3 is 19.8 Å². The Kier molecular flexibility index (Phi) is 3.47. The van der Waals surface area contributed by atoms with E-state index in [-0.39, 0.29) is 23.9 Å². The van der Waals surface area contributed by atoms with Gasteiger partial charge in [-0.1, -0.05) is 5.16 Å². The van der Waals surface area contributed by atoms with E-state index in [9.17, 15) is 14.4 Å². The van der Waals surface area contributed by atoms with Crippen molar-refractivity contribution < 1.29 is 24.0 Å². The number of carboxylic acid groups (broad SMARTS) is 1. The van der Waals surface area contributed by atoms with Crippen molar-refractivity contribution in [1.82, 2.24) is 15.4 Å². The number of likely N-dealkylation sites (tertiary alicyclic amines) is 1. The summed E-state index contributed by atoms with van der Waals surface area (Å²) in [6.07, 6.45) is 0.544. The van der Waals surface area contributed by atoms with Crippen LogP contribution in [0.3, 0.4) is 0 Å². The summed E-state index contributed by atoms with van der Waals surface area (Å²) in [7, 11) is 1.55. The van der Waals surface area contributed by atoms with Crippen molar-refractivity contribution in [2.75, 3.05) is 20.1 Å². The lowest BCUT2D eigenvalue weighted by Crippen LogP contribution is -2.40. The summed E-state index contributed by atoms with van der Waals surface area (Å²) >= 11 is 0. The Morgan fingerprint density at radius 1 is 1.50 bits per heavy atom. The van der Waals surface area contributed by atoms with Crippen LogP contribution in [0.4, 0.5) is 0 Å². The maximum absolute atomic E-state index is 12.2. The van der Waals surface area contributed by atoms with Gasteiger partial charge in [0.2, 0.25) is 11.7 Å². The molecule has 0 saturated carbocycles. The zero-order valence-corrected chi connectivity index (χ0v) is 11.2. The number of carbonyl (C=O) groups excluding carboxylic acids is 2. The molecule has 0 spiro atoms. The lowest BCUT2D eigenvalue weighted by molar-refractivity contribution is -0.128. The molecule has 2 amide bonds. The van der Waals surface area contributed by atoms with Gasteiger partial charge in [0.1, 0.15) is 0 Å². The number of aromatic carboxylic acids is 1. The number of hydrogen-bond acceptors (Lipinski definition) is 5. The smallest absolute Gasteiger partial charge is 0.374 e. The maximum Gasteiger partial charge on any atom is 0.374 e. The predicted molar refractivity (Wildman–Crippen MR) is 66.2 cm³/mol. The van der Waals surface area contributed by atoms with Gasteiger partial charge in [-0.25, -0.2) is 4.79 Å². The maximum atomic E-state index is 12.2. The number of carbonyl (C=O) groups is 3. The minimum Gasteiger partial charge on any atom is -0.475 e. The zero-order valence-electron chi connectivity index (χ0n) is 11.2. The molecular weight excluding hydrogens is 266 g/mol. The Morgan fingerprint density at radius 3 is 2.75 bits per heavy atom. The minimum atomic E-state index is -1.28. The second kappa shape index (κ2) is 4.95. The molecule has 2 rings (SSSR count). The van der Waals surface area contributed by atoms with Crippen molar-refractivity contribution in [3.05, 3.63) is 17.5 Å². The molecule has 20 heavy (non-hydrogen) atoms. The molecule has 1 aromatic rings. The van der Waals surface area contributed by atoms with E-state index in [0.717, 1.165) is 6.07 Å². The highest BCUT2D eigenvalue weighted by Gasteiger charge is 2.42. The molecule has 2 N–H and O–H groups in total. The highest BCUT2D eigenvalue weighted by molar-refractivity contribution is 5.95. The summed E-state index contributed by atoms with van der Waals surface area (Å²) in [6.45, 7) is 2.46. The van der Waals surface area contributed by atoms with Crippen molar-refractivity contribution >= 4 is 17.8 Å². The van der Waals surface area contributed by atoms with Crippen molar-refractivity contribution in [2.24, 2.45) is 5.41 Å². The lowest BCUT2D eigenvalue weighted by atomic mass is 9.89. The van der Waals surface area contributed by atoms with Crippen LogP contribution >= 0.6 is 0 Å². The molecule has 1 unspecified atom stereocenters. The number of amides is 2. The average molecular weight is 281 g/mol. The first-order valence-electron chi connectivity index (χ1n) is 6.09. The van der Waals surface area contributed by atoms with Crippen LogP contribution in [0.25, 0.3) is 0 Å². The van der Waals surface area contributed by atoms with Crippen LogP contribution in [0.2, 0.25) is 0 Å². The van der Waals surface area contributed by atoms with E-state index < -0.39 is 17.3 Å². The third-order valence-corrected chi connectivity index (χ3v) is 3.48. The number of hydrogen-bond donors (Lipinski definition) is 2. The van der Waals surface area contributed by atoms with Crippen LogP contribution in [0.5, 0.6) is 0 Å². The second-order valence-electron chi connectivity index (χ2n) is 5.00. The number of rotatable bonds is 3. The number of carboxylic acids is 1. The van der Waals surface area contributed by atoms with Crippen LogP contribution in [0, 0.1) is 5.41 Å². The Morgan fingerprint density at radius 2 is 2.20 bits per heavy atom. The summed E-state index contributed by atoms with van der Waals surface area (Å²) in [5, 5.41) is 14.7. The largest absolute Gasteiger partial charge is 0.475 e. The molecule has 0 bridgehead atoms. The molecule has 8 nitrogen and oxygen atoms in total. The first kappa shape index (κ1) is 14.0. The monoisotopic (exact) mass is 281 g/mol. The highest BCUT2D eigenvalue weighted by Crippen LogP contribution is 2.30. The summed E-state index contributed by atoms with van der Waals surface area (Å²) in [6, 6.07) is 1.08. The van der Waals surface area contributed by atoms with E-state index in [1.54, 1.807) is 14.0 Å². The second-order valence-corrected chi connectivity index (χ2v) is 5.00. The SMILES string of the molecule is CNC(=O)C1(C)CCN(C(=O)c2cc(C(=O)O)on2)C1. The summed E-state index contributed by atoms with van der Waals surface area (Å²) in [5.74, 6) is -2.23. The minimum absolute atomic E-state index is 0.0662. The molecule has 0 radical (unpaired) electrons. The van der Waals surface area contributed by atoms with Gasteiger partial charge in [-0.15, -0.1) is 0 Å². The van der Waals surface area contributed by atoms with Gasteiger partial charge in [-0.05, 0) is 13.3 Å².